The second-order valence-corrected chi connectivity index (χ2v) is 7.19. The molecule has 1 heterocycles. The first kappa shape index (κ1) is 20.9. The van der Waals surface area contributed by atoms with Crippen molar-refractivity contribution in [2.75, 3.05) is 12.4 Å². The Labute approximate surface area is 171 Å². The molecule has 29 heavy (non-hydrogen) atoms. The Morgan fingerprint density at radius 2 is 1.72 bits per heavy atom. The molecule has 0 saturated carbocycles. The van der Waals surface area contributed by atoms with E-state index in [0.29, 0.717) is 12.8 Å². The molecule has 154 valence electrons. The van der Waals surface area contributed by atoms with Gasteiger partial charge in [0, 0.05) is 11.3 Å². The first-order valence-corrected chi connectivity index (χ1v) is 9.99. The first-order chi connectivity index (χ1) is 14.0. The molecule has 6 heteroatoms. The van der Waals surface area contributed by atoms with Crippen LogP contribution in [0.15, 0.2) is 54.6 Å². The summed E-state index contributed by atoms with van der Waals surface area (Å²) in [4.78, 5) is 31.9. The van der Waals surface area contributed by atoms with Crippen molar-refractivity contribution >= 4 is 17.6 Å². The molecule has 1 unspecified atom stereocenters. The van der Waals surface area contributed by atoms with Gasteiger partial charge in [0.25, 0.3) is 5.91 Å². The zero-order chi connectivity index (χ0) is 20.9. The van der Waals surface area contributed by atoms with Crippen molar-refractivity contribution in [1.29, 1.82) is 0 Å². The predicted octanol–water partition coefficient (Wildman–Crippen LogP) is 4.24. The summed E-state index contributed by atoms with van der Waals surface area (Å²) in [6, 6.07) is 16.8. The largest absolute Gasteiger partial charge is 0.469 e. The number of rotatable bonds is 7. The van der Waals surface area contributed by atoms with Crippen molar-refractivity contribution < 1.29 is 19.2 Å². The van der Waals surface area contributed by atoms with Gasteiger partial charge in [0.05, 0.1) is 19.6 Å². The fourth-order valence-electron chi connectivity index (χ4n) is 3.72. The lowest BCUT2D eigenvalue weighted by atomic mass is 9.91. The number of ether oxygens (including phenoxy) is 1. The molecule has 3 rings (SSSR count). The number of nitrogens with one attached hydrogen (secondary N) is 1. The Morgan fingerprint density at radius 3 is 2.38 bits per heavy atom. The van der Waals surface area contributed by atoms with E-state index in [4.69, 9.17) is 9.57 Å². The monoisotopic (exact) mass is 396 g/mol. The second kappa shape index (κ2) is 9.09. The molecular weight excluding hydrogens is 368 g/mol. The van der Waals surface area contributed by atoms with Gasteiger partial charge in [-0.05, 0) is 24.5 Å². The van der Waals surface area contributed by atoms with Crippen molar-refractivity contribution in [2.24, 2.45) is 0 Å². The highest BCUT2D eigenvalue weighted by Crippen LogP contribution is 2.40. The SMILES string of the molecule is CCC1(CC)Nc2ccccc2C(CC(=O)OC)N(OCc2ccccc2)C1=O. The summed E-state index contributed by atoms with van der Waals surface area (Å²) in [6.07, 6.45) is 1.19. The maximum atomic E-state index is 13.7. The number of carbonyl (C=O) groups excluding carboxylic acids is 2. The molecule has 0 spiro atoms. The number of anilines is 1. The Balaban J connectivity index is 2.04. The number of fused-ring (bicyclic) bond motifs is 1. The zero-order valence-electron chi connectivity index (χ0n) is 17.2. The maximum absolute atomic E-state index is 13.7. The van der Waals surface area contributed by atoms with Crippen LogP contribution in [0.4, 0.5) is 5.69 Å². The number of hydrogen-bond donors (Lipinski definition) is 1. The van der Waals surface area contributed by atoms with Crippen molar-refractivity contribution in [1.82, 2.24) is 5.06 Å². The molecule has 1 aliphatic heterocycles. The number of esters is 1. The molecule has 1 aliphatic rings. The van der Waals surface area contributed by atoms with Gasteiger partial charge in [0.15, 0.2) is 0 Å². The van der Waals surface area contributed by atoms with Crippen molar-refractivity contribution in [3.8, 4) is 0 Å². The second-order valence-electron chi connectivity index (χ2n) is 7.19. The minimum absolute atomic E-state index is 0.0131. The van der Waals surface area contributed by atoms with Gasteiger partial charge in [-0.2, -0.15) is 0 Å². The minimum Gasteiger partial charge on any atom is -0.469 e. The van der Waals surface area contributed by atoms with Crippen LogP contribution in [-0.2, 0) is 25.8 Å². The Hall–Kier alpha value is -2.86. The molecule has 0 aromatic heterocycles. The lowest BCUT2D eigenvalue weighted by Gasteiger charge is -2.36. The van der Waals surface area contributed by atoms with Gasteiger partial charge in [0.1, 0.15) is 12.1 Å². The van der Waals surface area contributed by atoms with Crippen LogP contribution in [0, 0.1) is 0 Å². The summed E-state index contributed by atoms with van der Waals surface area (Å²) in [5.41, 5.74) is 1.81. The lowest BCUT2D eigenvalue weighted by molar-refractivity contribution is -0.213. The van der Waals surface area contributed by atoms with Gasteiger partial charge in [0.2, 0.25) is 0 Å². The third-order valence-electron chi connectivity index (χ3n) is 5.59. The van der Waals surface area contributed by atoms with Gasteiger partial charge in [-0.3, -0.25) is 14.4 Å². The number of amides is 1. The van der Waals surface area contributed by atoms with Gasteiger partial charge < -0.3 is 10.1 Å². The number of nitrogens with zero attached hydrogens (tertiary/aromatic N) is 1. The molecule has 0 fully saturated rings. The van der Waals surface area contributed by atoms with Gasteiger partial charge in [-0.1, -0.05) is 62.4 Å². The fraction of sp³-hybridized carbons (Fsp3) is 0.391. The van der Waals surface area contributed by atoms with E-state index in [1.807, 2.05) is 68.4 Å². The Morgan fingerprint density at radius 1 is 1.07 bits per heavy atom. The summed E-state index contributed by atoms with van der Waals surface area (Å²) >= 11 is 0. The molecule has 6 nitrogen and oxygen atoms in total. The average molecular weight is 396 g/mol. The van der Waals surface area contributed by atoms with E-state index >= 15 is 0 Å². The van der Waals surface area contributed by atoms with Gasteiger partial charge >= 0.3 is 5.97 Å². The van der Waals surface area contributed by atoms with E-state index in [9.17, 15) is 9.59 Å². The molecule has 2 aromatic carbocycles. The Bertz CT molecular complexity index is 849. The normalized spacial score (nSPS) is 17.8. The third kappa shape index (κ3) is 4.27. The van der Waals surface area contributed by atoms with Crippen LogP contribution in [-0.4, -0.2) is 29.6 Å². The van der Waals surface area contributed by atoms with Crippen LogP contribution < -0.4 is 5.32 Å². The summed E-state index contributed by atoms with van der Waals surface area (Å²) in [5, 5.41) is 4.83. The van der Waals surface area contributed by atoms with E-state index < -0.39 is 17.6 Å². The fourth-order valence-corrected chi connectivity index (χ4v) is 3.72. The van der Waals surface area contributed by atoms with Gasteiger partial charge in [-0.25, -0.2) is 5.06 Å². The van der Waals surface area contributed by atoms with Crippen LogP contribution in [0.3, 0.4) is 0 Å². The third-order valence-corrected chi connectivity index (χ3v) is 5.59. The number of hydrogen-bond acceptors (Lipinski definition) is 5. The van der Waals surface area contributed by atoms with E-state index in [1.165, 1.54) is 12.2 Å². The molecule has 1 amide bonds. The van der Waals surface area contributed by atoms with Crippen LogP contribution in [0.5, 0.6) is 0 Å². The first-order valence-electron chi connectivity index (χ1n) is 9.99. The average Bonchev–Trinajstić information content (AvgIpc) is 2.86. The highest BCUT2D eigenvalue weighted by atomic mass is 16.7. The van der Waals surface area contributed by atoms with E-state index in [1.54, 1.807) is 0 Å². The maximum Gasteiger partial charge on any atom is 0.308 e. The summed E-state index contributed by atoms with van der Waals surface area (Å²) in [6.45, 7) is 4.19. The highest BCUT2D eigenvalue weighted by molar-refractivity contribution is 5.91. The van der Waals surface area contributed by atoms with Crippen LogP contribution in [0.1, 0.15) is 50.3 Å². The lowest BCUT2D eigenvalue weighted by Crippen LogP contribution is -2.52. The minimum atomic E-state index is -0.808. The molecule has 1 atom stereocenters. The molecule has 0 aliphatic carbocycles. The van der Waals surface area contributed by atoms with E-state index in [-0.39, 0.29) is 18.9 Å². The summed E-state index contributed by atoms with van der Waals surface area (Å²) in [5.74, 6) is -0.574. The number of para-hydroxylation sites is 1. The molecule has 0 saturated heterocycles. The van der Waals surface area contributed by atoms with Gasteiger partial charge in [-0.15, -0.1) is 0 Å². The Kier molecular flexibility index (Phi) is 6.54. The van der Waals surface area contributed by atoms with Crippen LogP contribution in [0.25, 0.3) is 0 Å². The molecule has 0 radical (unpaired) electrons. The summed E-state index contributed by atoms with van der Waals surface area (Å²) in [7, 11) is 1.35. The molecule has 2 aromatic rings. The summed E-state index contributed by atoms with van der Waals surface area (Å²) < 4.78 is 4.91. The molecule has 1 N–H and O–H groups in total. The van der Waals surface area contributed by atoms with Crippen molar-refractivity contribution in [3.05, 3.63) is 65.7 Å². The van der Waals surface area contributed by atoms with E-state index in [0.717, 1.165) is 16.8 Å². The quantitative estimate of drug-likeness (QED) is 0.709. The number of hydroxylamine groups is 2. The highest BCUT2D eigenvalue weighted by Gasteiger charge is 2.46. The van der Waals surface area contributed by atoms with Crippen molar-refractivity contribution in [2.45, 2.75) is 51.3 Å². The molecule has 0 bridgehead atoms. The van der Waals surface area contributed by atoms with E-state index in [2.05, 4.69) is 5.32 Å². The topological polar surface area (TPSA) is 67.9 Å². The number of benzene rings is 2. The van der Waals surface area contributed by atoms with Crippen molar-refractivity contribution in [3.63, 3.8) is 0 Å². The standard InChI is InChI=1S/C23H28N2O4/c1-4-23(5-2)22(27)25(29-16-17-11-7-6-8-12-17)20(15-21(26)28-3)18-13-9-10-14-19(18)24-23/h6-14,20,24H,4-5,15-16H2,1-3H3. The smallest absolute Gasteiger partial charge is 0.308 e. The van der Waals surface area contributed by atoms with Crippen LogP contribution in [0.2, 0.25) is 0 Å². The van der Waals surface area contributed by atoms with Crippen LogP contribution >= 0.6 is 0 Å². The molecular formula is C23H28N2O4. The number of methoxy groups -OCH3 is 1. The number of carbonyl (C=O) groups is 2. The predicted molar refractivity (Wildman–Crippen MR) is 111 cm³/mol. The zero-order valence-corrected chi connectivity index (χ0v) is 17.2.